The fourth-order valence-corrected chi connectivity index (χ4v) is 1.87. The number of rotatable bonds is 7. The number of nitrogens with two attached hydrogens (primary N) is 2. The fourth-order valence-electron chi connectivity index (χ4n) is 1.87. The van der Waals surface area contributed by atoms with Crippen molar-refractivity contribution in [2.75, 3.05) is 18.9 Å². The summed E-state index contributed by atoms with van der Waals surface area (Å²) in [7, 11) is 0. The van der Waals surface area contributed by atoms with Crippen LogP contribution in [0, 0.1) is 0 Å². The van der Waals surface area contributed by atoms with Crippen LogP contribution in [0.5, 0.6) is 0 Å². The summed E-state index contributed by atoms with van der Waals surface area (Å²) >= 11 is 0. The summed E-state index contributed by atoms with van der Waals surface area (Å²) in [4.78, 5) is 24.6. The van der Waals surface area contributed by atoms with Gasteiger partial charge in [-0.25, -0.2) is 0 Å². The second kappa shape index (κ2) is 7.49. The lowest BCUT2D eigenvalue weighted by Crippen LogP contribution is -2.44. The SMILES string of the molecule is CCOC(=O)C(C)N(CC(N)=O)Cc1cccc(N)c1. The van der Waals surface area contributed by atoms with E-state index in [0.717, 1.165) is 5.56 Å². The van der Waals surface area contributed by atoms with Gasteiger partial charge in [-0.15, -0.1) is 0 Å². The maximum atomic E-state index is 11.8. The summed E-state index contributed by atoms with van der Waals surface area (Å²) in [6, 6.07) is 6.72. The van der Waals surface area contributed by atoms with Gasteiger partial charge in [-0.2, -0.15) is 0 Å². The smallest absolute Gasteiger partial charge is 0.323 e. The molecule has 0 aromatic heterocycles. The molecule has 0 fully saturated rings. The van der Waals surface area contributed by atoms with Crippen molar-refractivity contribution >= 4 is 17.6 Å². The Labute approximate surface area is 118 Å². The summed E-state index contributed by atoms with van der Waals surface area (Å²) in [6.07, 6.45) is 0. The molecule has 1 atom stereocenters. The van der Waals surface area contributed by atoms with Gasteiger partial charge in [-0.1, -0.05) is 12.1 Å². The number of hydrogen-bond acceptors (Lipinski definition) is 5. The highest BCUT2D eigenvalue weighted by Crippen LogP contribution is 2.12. The highest BCUT2D eigenvalue weighted by atomic mass is 16.5. The zero-order chi connectivity index (χ0) is 15.1. The van der Waals surface area contributed by atoms with E-state index in [2.05, 4.69) is 0 Å². The van der Waals surface area contributed by atoms with Gasteiger partial charge < -0.3 is 16.2 Å². The number of amides is 1. The summed E-state index contributed by atoms with van der Waals surface area (Å²) in [5.41, 5.74) is 12.5. The van der Waals surface area contributed by atoms with Gasteiger partial charge in [0.15, 0.2) is 0 Å². The molecule has 0 aliphatic rings. The highest BCUT2D eigenvalue weighted by Gasteiger charge is 2.23. The average Bonchev–Trinajstić information content (AvgIpc) is 2.37. The largest absolute Gasteiger partial charge is 0.465 e. The van der Waals surface area contributed by atoms with Gasteiger partial charge in [0.1, 0.15) is 6.04 Å². The molecule has 0 spiro atoms. The van der Waals surface area contributed by atoms with Gasteiger partial charge in [0, 0.05) is 12.2 Å². The molecule has 1 amide bonds. The van der Waals surface area contributed by atoms with Crippen LogP contribution in [0.2, 0.25) is 0 Å². The summed E-state index contributed by atoms with van der Waals surface area (Å²) in [5, 5.41) is 0. The molecular weight excluding hydrogens is 258 g/mol. The topological polar surface area (TPSA) is 98.6 Å². The van der Waals surface area contributed by atoms with E-state index in [1.54, 1.807) is 30.9 Å². The Bertz CT molecular complexity index is 476. The minimum atomic E-state index is -0.552. The van der Waals surface area contributed by atoms with Crippen LogP contribution in [0.1, 0.15) is 19.4 Å². The highest BCUT2D eigenvalue weighted by molar-refractivity contribution is 5.79. The first-order valence-corrected chi connectivity index (χ1v) is 6.47. The average molecular weight is 279 g/mol. The van der Waals surface area contributed by atoms with Crippen LogP contribution in [-0.4, -0.2) is 36.0 Å². The lowest BCUT2D eigenvalue weighted by atomic mass is 10.1. The van der Waals surface area contributed by atoms with Crippen molar-refractivity contribution in [3.05, 3.63) is 29.8 Å². The van der Waals surface area contributed by atoms with E-state index in [0.29, 0.717) is 18.8 Å². The fraction of sp³-hybridized carbons (Fsp3) is 0.429. The minimum Gasteiger partial charge on any atom is -0.465 e. The number of ether oxygens (including phenoxy) is 1. The van der Waals surface area contributed by atoms with Crippen molar-refractivity contribution < 1.29 is 14.3 Å². The Kier molecular flexibility index (Phi) is 5.99. The summed E-state index contributed by atoms with van der Waals surface area (Å²) < 4.78 is 4.97. The number of anilines is 1. The van der Waals surface area contributed by atoms with Crippen LogP contribution in [0.25, 0.3) is 0 Å². The third kappa shape index (κ3) is 4.89. The molecule has 20 heavy (non-hydrogen) atoms. The number of carbonyl (C=O) groups excluding carboxylic acids is 2. The number of esters is 1. The molecule has 110 valence electrons. The summed E-state index contributed by atoms with van der Waals surface area (Å²) in [6.45, 7) is 4.10. The molecule has 1 unspecified atom stereocenters. The van der Waals surface area contributed by atoms with Crippen LogP contribution in [0.15, 0.2) is 24.3 Å². The molecule has 6 nitrogen and oxygen atoms in total. The van der Waals surface area contributed by atoms with Crippen molar-refractivity contribution in [1.29, 1.82) is 0 Å². The third-order valence-electron chi connectivity index (χ3n) is 2.87. The second-order valence-electron chi connectivity index (χ2n) is 4.54. The lowest BCUT2D eigenvalue weighted by molar-refractivity contribution is -0.149. The Balaban J connectivity index is 2.83. The monoisotopic (exact) mass is 279 g/mol. The molecule has 0 radical (unpaired) electrons. The van der Waals surface area contributed by atoms with Crippen LogP contribution >= 0.6 is 0 Å². The van der Waals surface area contributed by atoms with Crippen molar-refractivity contribution in [1.82, 2.24) is 4.90 Å². The number of benzene rings is 1. The number of nitrogen functional groups attached to an aromatic ring is 1. The van der Waals surface area contributed by atoms with E-state index in [1.807, 2.05) is 12.1 Å². The van der Waals surface area contributed by atoms with Crippen LogP contribution < -0.4 is 11.5 Å². The van der Waals surface area contributed by atoms with Crippen LogP contribution in [0.3, 0.4) is 0 Å². The molecule has 6 heteroatoms. The Hall–Kier alpha value is -2.08. The quantitative estimate of drug-likeness (QED) is 0.559. The molecule has 0 bridgehead atoms. The first-order chi connectivity index (χ1) is 9.43. The van der Waals surface area contributed by atoms with E-state index < -0.39 is 11.9 Å². The van der Waals surface area contributed by atoms with Crippen LogP contribution in [0.4, 0.5) is 5.69 Å². The lowest BCUT2D eigenvalue weighted by Gasteiger charge is -2.26. The van der Waals surface area contributed by atoms with E-state index in [9.17, 15) is 9.59 Å². The normalized spacial score (nSPS) is 12.2. The standard InChI is InChI=1S/C14H21N3O3/c1-3-20-14(19)10(2)17(9-13(16)18)8-11-5-4-6-12(15)7-11/h4-7,10H,3,8-9,15H2,1-2H3,(H2,16,18). The first kappa shape index (κ1) is 16.0. The van der Waals surface area contributed by atoms with Crippen molar-refractivity contribution in [3.8, 4) is 0 Å². The third-order valence-corrected chi connectivity index (χ3v) is 2.87. The van der Waals surface area contributed by atoms with Gasteiger partial charge in [0.05, 0.1) is 13.2 Å². The predicted molar refractivity (Wildman–Crippen MR) is 76.6 cm³/mol. The molecule has 0 heterocycles. The maximum Gasteiger partial charge on any atom is 0.323 e. The first-order valence-electron chi connectivity index (χ1n) is 6.47. The maximum absolute atomic E-state index is 11.8. The van der Waals surface area contributed by atoms with Gasteiger partial charge in [-0.05, 0) is 31.5 Å². The number of hydrogen-bond donors (Lipinski definition) is 2. The molecule has 0 saturated carbocycles. The van der Waals surface area contributed by atoms with E-state index in [1.165, 1.54) is 0 Å². The Morgan fingerprint density at radius 2 is 2.10 bits per heavy atom. The van der Waals surface area contributed by atoms with E-state index in [4.69, 9.17) is 16.2 Å². The molecule has 4 N–H and O–H groups in total. The van der Waals surface area contributed by atoms with Gasteiger partial charge in [0.25, 0.3) is 0 Å². The van der Waals surface area contributed by atoms with Gasteiger partial charge >= 0.3 is 5.97 Å². The van der Waals surface area contributed by atoms with Crippen molar-refractivity contribution in [3.63, 3.8) is 0 Å². The van der Waals surface area contributed by atoms with E-state index >= 15 is 0 Å². The molecular formula is C14H21N3O3. The molecule has 0 aliphatic heterocycles. The molecule has 0 aliphatic carbocycles. The molecule has 1 rings (SSSR count). The second-order valence-corrected chi connectivity index (χ2v) is 4.54. The number of primary amides is 1. The van der Waals surface area contributed by atoms with E-state index in [-0.39, 0.29) is 12.5 Å². The van der Waals surface area contributed by atoms with Gasteiger partial charge in [-0.3, -0.25) is 14.5 Å². The Morgan fingerprint density at radius 3 is 2.65 bits per heavy atom. The zero-order valence-corrected chi connectivity index (χ0v) is 11.8. The van der Waals surface area contributed by atoms with Crippen molar-refractivity contribution in [2.24, 2.45) is 5.73 Å². The van der Waals surface area contributed by atoms with Crippen molar-refractivity contribution in [2.45, 2.75) is 26.4 Å². The predicted octanol–water partition coefficient (Wildman–Crippen LogP) is 0.508. The summed E-state index contributed by atoms with van der Waals surface area (Å²) in [5.74, 6) is -0.872. The number of carbonyl (C=O) groups is 2. The molecule has 1 aromatic carbocycles. The Morgan fingerprint density at radius 1 is 1.40 bits per heavy atom. The minimum absolute atomic E-state index is 0.0191. The van der Waals surface area contributed by atoms with Crippen LogP contribution in [-0.2, 0) is 20.9 Å². The molecule has 1 aromatic rings. The zero-order valence-electron chi connectivity index (χ0n) is 11.8. The molecule has 0 saturated heterocycles. The van der Waals surface area contributed by atoms with Gasteiger partial charge in [0.2, 0.25) is 5.91 Å². The number of nitrogens with zero attached hydrogens (tertiary/aromatic N) is 1.